The fraction of sp³-hybridized carbons (Fsp3) is 0.273. The van der Waals surface area contributed by atoms with E-state index in [1.807, 2.05) is 0 Å². The van der Waals surface area contributed by atoms with E-state index >= 15 is 0 Å². The monoisotopic (exact) mass is 348 g/mol. The van der Waals surface area contributed by atoms with Crippen molar-refractivity contribution >= 4 is 40.2 Å². The van der Waals surface area contributed by atoms with Crippen LogP contribution in [0, 0.1) is 3.57 Å². The Morgan fingerprint density at radius 3 is 2.82 bits per heavy atom. The first-order chi connectivity index (χ1) is 8.04. The fourth-order valence-electron chi connectivity index (χ4n) is 1.16. The number of nitrogen functional groups attached to an aromatic ring is 1. The molecule has 0 heterocycles. The summed E-state index contributed by atoms with van der Waals surface area (Å²) in [4.78, 5) is 22.8. The van der Waals surface area contributed by atoms with E-state index in [-0.39, 0.29) is 18.1 Å². The second-order valence-corrected chi connectivity index (χ2v) is 4.51. The van der Waals surface area contributed by atoms with Crippen LogP contribution in [0.25, 0.3) is 0 Å². The minimum absolute atomic E-state index is 0.279. The first kappa shape index (κ1) is 13.8. The van der Waals surface area contributed by atoms with Crippen molar-refractivity contribution in [1.29, 1.82) is 0 Å². The average Bonchev–Trinajstić information content (AvgIpc) is 2.29. The van der Waals surface area contributed by atoms with Crippen molar-refractivity contribution in [2.75, 3.05) is 18.9 Å². The Bertz CT molecular complexity index is 435. The maximum Gasteiger partial charge on any atom is 0.340 e. The predicted octanol–water partition coefficient (Wildman–Crippen LogP) is 1.17. The minimum atomic E-state index is -0.590. The van der Waals surface area contributed by atoms with Gasteiger partial charge in [-0.15, -0.1) is 0 Å². The molecule has 0 aliphatic carbocycles. The van der Waals surface area contributed by atoms with Gasteiger partial charge in [0.15, 0.2) is 6.61 Å². The summed E-state index contributed by atoms with van der Waals surface area (Å²) in [5.74, 6) is -0.919. The first-order valence-corrected chi connectivity index (χ1v) is 6.11. The molecule has 1 amide bonds. The zero-order valence-corrected chi connectivity index (χ0v) is 11.5. The van der Waals surface area contributed by atoms with E-state index in [1.54, 1.807) is 25.1 Å². The maximum atomic E-state index is 11.6. The van der Waals surface area contributed by atoms with Crippen molar-refractivity contribution in [3.8, 4) is 0 Å². The molecule has 0 aliphatic rings. The lowest BCUT2D eigenvalue weighted by atomic mass is 10.2. The van der Waals surface area contributed by atoms with Gasteiger partial charge in [-0.3, -0.25) is 4.79 Å². The summed E-state index contributed by atoms with van der Waals surface area (Å²) in [6.07, 6.45) is 0. The molecule has 0 atom stereocenters. The Kier molecular flexibility index (Phi) is 5.20. The molecule has 92 valence electrons. The molecule has 0 aromatic heterocycles. The van der Waals surface area contributed by atoms with Crippen LogP contribution in [0.1, 0.15) is 17.3 Å². The number of halogens is 1. The van der Waals surface area contributed by atoms with Gasteiger partial charge in [0.1, 0.15) is 0 Å². The van der Waals surface area contributed by atoms with Crippen molar-refractivity contribution in [2.45, 2.75) is 6.92 Å². The summed E-state index contributed by atoms with van der Waals surface area (Å²) in [6, 6.07) is 5.04. The molecule has 1 aromatic rings. The number of amides is 1. The van der Waals surface area contributed by atoms with Gasteiger partial charge in [0, 0.05) is 15.8 Å². The van der Waals surface area contributed by atoms with Gasteiger partial charge in [-0.25, -0.2) is 4.79 Å². The number of rotatable bonds is 4. The molecule has 0 aliphatic heterocycles. The quantitative estimate of drug-likeness (QED) is 0.486. The first-order valence-electron chi connectivity index (χ1n) is 5.03. The topological polar surface area (TPSA) is 81.4 Å². The molecule has 0 bridgehead atoms. The van der Waals surface area contributed by atoms with Crippen LogP contribution in [0.2, 0.25) is 0 Å². The van der Waals surface area contributed by atoms with Crippen LogP contribution in [-0.4, -0.2) is 25.0 Å². The molecule has 1 rings (SSSR count). The van der Waals surface area contributed by atoms with Gasteiger partial charge in [-0.1, -0.05) is 0 Å². The van der Waals surface area contributed by atoms with Crippen molar-refractivity contribution in [2.24, 2.45) is 0 Å². The molecule has 0 saturated carbocycles. The zero-order chi connectivity index (χ0) is 12.8. The SMILES string of the molecule is CCNC(=O)COC(=O)c1cc(I)ccc1N. The van der Waals surface area contributed by atoms with E-state index in [9.17, 15) is 9.59 Å². The molecule has 5 nitrogen and oxygen atoms in total. The van der Waals surface area contributed by atoms with Crippen molar-refractivity contribution in [3.63, 3.8) is 0 Å². The second-order valence-electron chi connectivity index (χ2n) is 3.26. The number of anilines is 1. The van der Waals surface area contributed by atoms with Gasteiger partial charge in [-0.2, -0.15) is 0 Å². The highest BCUT2D eigenvalue weighted by atomic mass is 127. The summed E-state index contributed by atoms with van der Waals surface area (Å²) >= 11 is 2.07. The minimum Gasteiger partial charge on any atom is -0.452 e. The number of hydrogen-bond donors (Lipinski definition) is 2. The van der Waals surface area contributed by atoms with E-state index in [0.717, 1.165) is 3.57 Å². The van der Waals surface area contributed by atoms with E-state index in [1.165, 1.54) is 0 Å². The Morgan fingerprint density at radius 2 is 2.18 bits per heavy atom. The number of hydrogen-bond acceptors (Lipinski definition) is 4. The van der Waals surface area contributed by atoms with Gasteiger partial charge in [0.05, 0.1) is 5.56 Å². The molecule has 0 saturated heterocycles. The van der Waals surface area contributed by atoms with Crippen LogP contribution in [0.5, 0.6) is 0 Å². The maximum absolute atomic E-state index is 11.6. The van der Waals surface area contributed by atoms with Crippen LogP contribution in [0.15, 0.2) is 18.2 Å². The second kappa shape index (κ2) is 6.43. The zero-order valence-electron chi connectivity index (χ0n) is 9.33. The van der Waals surface area contributed by atoms with Crippen LogP contribution in [0.3, 0.4) is 0 Å². The number of carbonyl (C=O) groups excluding carboxylic acids is 2. The highest BCUT2D eigenvalue weighted by molar-refractivity contribution is 14.1. The lowest BCUT2D eigenvalue weighted by Gasteiger charge is -2.07. The molecule has 1 aromatic carbocycles. The smallest absolute Gasteiger partial charge is 0.340 e. The highest BCUT2D eigenvalue weighted by Gasteiger charge is 2.13. The van der Waals surface area contributed by atoms with Gasteiger partial charge in [0.2, 0.25) is 0 Å². The molecular formula is C11H13IN2O3. The standard InChI is InChI=1S/C11H13IN2O3/c1-2-14-10(15)6-17-11(16)8-5-7(12)3-4-9(8)13/h3-5H,2,6,13H2,1H3,(H,14,15). The molecule has 0 fully saturated rings. The van der Waals surface area contributed by atoms with Gasteiger partial charge < -0.3 is 15.8 Å². The van der Waals surface area contributed by atoms with E-state index in [0.29, 0.717) is 12.2 Å². The lowest BCUT2D eigenvalue weighted by molar-refractivity contribution is -0.124. The van der Waals surface area contributed by atoms with Gasteiger partial charge in [0.25, 0.3) is 5.91 Å². The number of carbonyl (C=O) groups is 2. The third kappa shape index (κ3) is 4.22. The molecule has 6 heteroatoms. The van der Waals surface area contributed by atoms with Gasteiger partial charge >= 0.3 is 5.97 Å². The Morgan fingerprint density at radius 1 is 1.47 bits per heavy atom. The van der Waals surface area contributed by atoms with Gasteiger partial charge in [-0.05, 0) is 47.7 Å². The van der Waals surface area contributed by atoms with Crippen LogP contribution in [-0.2, 0) is 9.53 Å². The normalized spacial score (nSPS) is 9.76. The number of nitrogens with one attached hydrogen (secondary N) is 1. The van der Waals surface area contributed by atoms with Crippen molar-refractivity contribution in [1.82, 2.24) is 5.32 Å². The van der Waals surface area contributed by atoms with Crippen LogP contribution in [0.4, 0.5) is 5.69 Å². The average molecular weight is 348 g/mol. The largest absolute Gasteiger partial charge is 0.452 e. The Hall–Kier alpha value is -1.31. The van der Waals surface area contributed by atoms with E-state index < -0.39 is 5.97 Å². The molecular weight excluding hydrogens is 335 g/mol. The molecule has 0 radical (unpaired) electrons. The number of benzene rings is 1. The summed E-state index contributed by atoms with van der Waals surface area (Å²) in [5.41, 5.74) is 6.27. The van der Waals surface area contributed by atoms with Crippen molar-refractivity contribution < 1.29 is 14.3 Å². The number of nitrogens with two attached hydrogens (primary N) is 1. The lowest BCUT2D eigenvalue weighted by Crippen LogP contribution is -2.28. The van der Waals surface area contributed by atoms with E-state index in [4.69, 9.17) is 10.5 Å². The summed E-state index contributed by atoms with van der Waals surface area (Å²) in [5, 5.41) is 2.53. The van der Waals surface area contributed by atoms with Crippen molar-refractivity contribution in [3.05, 3.63) is 27.3 Å². The summed E-state index contributed by atoms with van der Waals surface area (Å²) in [6.45, 7) is 2.00. The number of ether oxygens (including phenoxy) is 1. The summed E-state index contributed by atoms with van der Waals surface area (Å²) in [7, 11) is 0. The molecule has 0 unspecified atom stereocenters. The fourth-order valence-corrected chi connectivity index (χ4v) is 1.65. The Balaban J connectivity index is 2.64. The van der Waals surface area contributed by atoms with Crippen LogP contribution >= 0.6 is 22.6 Å². The molecule has 3 N–H and O–H groups in total. The number of esters is 1. The highest BCUT2D eigenvalue weighted by Crippen LogP contribution is 2.16. The third-order valence-electron chi connectivity index (χ3n) is 1.94. The summed E-state index contributed by atoms with van der Waals surface area (Å²) < 4.78 is 5.72. The van der Waals surface area contributed by atoms with E-state index in [2.05, 4.69) is 27.9 Å². The van der Waals surface area contributed by atoms with Crippen LogP contribution < -0.4 is 11.1 Å². The molecule has 17 heavy (non-hydrogen) atoms. The predicted molar refractivity (Wildman–Crippen MR) is 72.5 cm³/mol. The number of likely N-dealkylation sites (N-methyl/N-ethyl adjacent to an activating group) is 1. The molecule has 0 spiro atoms. The third-order valence-corrected chi connectivity index (χ3v) is 2.61. The Labute approximate surface area is 113 Å².